The van der Waals surface area contributed by atoms with Crippen LogP contribution in [0.1, 0.15) is 31.3 Å². The van der Waals surface area contributed by atoms with Crippen LogP contribution in [0.3, 0.4) is 0 Å². The lowest BCUT2D eigenvalue weighted by Crippen LogP contribution is -2.31. The molecule has 0 saturated carbocycles. The second-order valence-electron chi connectivity index (χ2n) is 5.16. The van der Waals surface area contributed by atoms with E-state index in [-0.39, 0.29) is 11.8 Å². The largest absolute Gasteiger partial charge is 0.339 e. The molecule has 0 radical (unpaired) electrons. The van der Waals surface area contributed by atoms with Crippen molar-refractivity contribution in [2.24, 2.45) is 0 Å². The summed E-state index contributed by atoms with van der Waals surface area (Å²) in [6, 6.07) is 10.6. The van der Waals surface area contributed by atoms with Gasteiger partial charge in [-0.2, -0.15) is 0 Å². The SMILES string of the molecule is CCN(CC)C(=O)c1ccc(Nc2ccc(NC(C)=O)cc2)nn1. The average molecular weight is 327 g/mol. The maximum Gasteiger partial charge on any atom is 0.274 e. The van der Waals surface area contributed by atoms with E-state index in [0.717, 1.165) is 11.4 Å². The molecular formula is C17H21N5O2. The molecule has 0 spiro atoms. The third kappa shape index (κ3) is 4.52. The zero-order valence-electron chi connectivity index (χ0n) is 14.0. The number of carbonyl (C=O) groups is 2. The number of nitrogens with one attached hydrogen (secondary N) is 2. The van der Waals surface area contributed by atoms with Gasteiger partial charge in [-0.1, -0.05) is 0 Å². The molecule has 7 nitrogen and oxygen atoms in total. The quantitative estimate of drug-likeness (QED) is 0.852. The van der Waals surface area contributed by atoms with Crippen LogP contribution in [0.5, 0.6) is 0 Å². The van der Waals surface area contributed by atoms with Crippen molar-refractivity contribution in [3.05, 3.63) is 42.1 Å². The Labute approximate surface area is 141 Å². The Morgan fingerprint density at radius 2 is 1.58 bits per heavy atom. The number of benzene rings is 1. The zero-order chi connectivity index (χ0) is 17.5. The molecule has 1 aromatic carbocycles. The standard InChI is InChI=1S/C17H21N5O2/c1-4-22(5-2)17(24)15-10-11-16(21-20-15)19-14-8-6-13(7-9-14)18-12(3)23/h6-11H,4-5H2,1-3H3,(H,18,23)(H,19,21). The number of hydrogen-bond acceptors (Lipinski definition) is 5. The molecule has 1 aromatic heterocycles. The Hall–Kier alpha value is -2.96. The summed E-state index contributed by atoms with van der Waals surface area (Å²) < 4.78 is 0. The van der Waals surface area contributed by atoms with Crippen LogP contribution in [0, 0.1) is 0 Å². The zero-order valence-corrected chi connectivity index (χ0v) is 14.0. The van der Waals surface area contributed by atoms with Crippen molar-refractivity contribution >= 4 is 29.0 Å². The van der Waals surface area contributed by atoms with Crippen LogP contribution >= 0.6 is 0 Å². The Morgan fingerprint density at radius 3 is 2.08 bits per heavy atom. The summed E-state index contributed by atoms with van der Waals surface area (Å²) in [4.78, 5) is 24.9. The van der Waals surface area contributed by atoms with Crippen LogP contribution in [0.25, 0.3) is 0 Å². The van der Waals surface area contributed by atoms with Crippen molar-refractivity contribution in [1.82, 2.24) is 15.1 Å². The fraction of sp³-hybridized carbons (Fsp3) is 0.294. The molecule has 2 rings (SSSR count). The Morgan fingerprint density at radius 1 is 0.958 bits per heavy atom. The van der Waals surface area contributed by atoms with E-state index in [9.17, 15) is 9.59 Å². The first-order chi connectivity index (χ1) is 11.5. The number of hydrogen-bond donors (Lipinski definition) is 2. The molecule has 2 N–H and O–H groups in total. The number of carbonyl (C=O) groups excluding carboxylic acids is 2. The van der Waals surface area contributed by atoms with E-state index in [1.54, 1.807) is 29.2 Å². The molecule has 1 heterocycles. The number of anilines is 3. The van der Waals surface area contributed by atoms with Gasteiger partial charge in [0.05, 0.1) is 0 Å². The molecule has 0 aliphatic carbocycles. The lowest BCUT2D eigenvalue weighted by Gasteiger charge is -2.17. The van der Waals surface area contributed by atoms with Gasteiger partial charge in [0, 0.05) is 31.4 Å². The number of aromatic nitrogens is 2. The van der Waals surface area contributed by atoms with Gasteiger partial charge in [0.2, 0.25) is 5.91 Å². The molecule has 0 aliphatic rings. The van der Waals surface area contributed by atoms with Gasteiger partial charge in [-0.15, -0.1) is 10.2 Å². The normalized spacial score (nSPS) is 10.1. The third-order valence-electron chi connectivity index (χ3n) is 3.41. The van der Waals surface area contributed by atoms with Gasteiger partial charge in [-0.05, 0) is 50.2 Å². The third-order valence-corrected chi connectivity index (χ3v) is 3.41. The molecule has 24 heavy (non-hydrogen) atoms. The molecule has 0 saturated heterocycles. The monoisotopic (exact) mass is 327 g/mol. The summed E-state index contributed by atoms with van der Waals surface area (Å²) >= 11 is 0. The summed E-state index contributed by atoms with van der Waals surface area (Å²) in [7, 11) is 0. The molecule has 126 valence electrons. The molecule has 0 aliphatic heterocycles. The highest BCUT2D eigenvalue weighted by atomic mass is 16.2. The van der Waals surface area contributed by atoms with Crippen LogP contribution < -0.4 is 10.6 Å². The molecule has 0 unspecified atom stereocenters. The van der Waals surface area contributed by atoms with Gasteiger partial charge in [-0.25, -0.2) is 0 Å². The number of nitrogens with zero attached hydrogens (tertiary/aromatic N) is 3. The van der Waals surface area contributed by atoms with Crippen LogP contribution in [0.2, 0.25) is 0 Å². The minimum atomic E-state index is -0.126. The minimum Gasteiger partial charge on any atom is -0.339 e. The summed E-state index contributed by atoms with van der Waals surface area (Å²) in [5.41, 5.74) is 1.85. The summed E-state index contributed by atoms with van der Waals surface area (Å²) in [6.45, 7) is 6.59. The predicted octanol–water partition coefficient (Wildman–Crippen LogP) is 2.66. The van der Waals surface area contributed by atoms with Crippen molar-refractivity contribution in [1.29, 1.82) is 0 Å². The van der Waals surface area contributed by atoms with Gasteiger partial charge in [0.1, 0.15) is 0 Å². The Bertz CT molecular complexity index is 694. The van der Waals surface area contributed by atoms with Crippen LogP contribution in [-0.2, 0) is 4.79 Å². The smallest absolute Gasteiger partial charge is 0.274 e. The Kier molecular flexibility index (Phi) is 5.83. The fourth-order valence-corrected chi connectivity index (χ4v) is 2.17. The summed E-state index contributed by atoms with van der Waals surface area (Å²) in [5, 5.41) is 13.8. The van der Waals surface area contributed by atoms with Gasteiger partial charge in [0.25, 0.3) is 5.91 Å². The summed E-state index contributed by atoms with van der Waals surface area (Å²) in [6.07, 6.45) is 0. The van der Waals surface area contributed by atoms with E-state index in [1.807, 2.05) is 26.0 Å². The number of amides is 2. The van der Waals surface area contributed by atoms with Gasteiger partial charge < -0.3 is 15.5 Å². The number of rotatable bonds is 6. The average Bonchev–Trinajstić information content (AvgIpc) is 2.58. The molecule has 0 bridgehead atoms. The van der Waals surface area contributed by atoms with E-state index >= 15 is 0 Å². The van der Waals surface area contributed by atoms with Crippen molar-refractivity contribution in [3.8, 4) is 0 Å². The molecule has 7 heteroatoms. The molecule has 0 atom stereocenters. The first kappa shape index (κ1) is 17.4. The second kappa shape index (κ2) is 8.05. The van der Waals surface area contributed by atoms with Crippen molar-refractivity contribution < 1.29 is 9.59 Å². The second-order valence-corrected chi connectivity index (χ2v) is 5.16. The molecular weight excluding hydrogens is 306 g/mol. The maximum absolute atomic E-state index is 12.2. The van der Waals surface area contributed by atoms with Crippen LogP contribution in [0.4, 0.5) is 17.2 Å². The summed E-state index contributed by atoms with van der Waals surface area (Å²) in [5.74, 6) is 0.298. The highest BCUT2D eigenvalue weighted by Crippen LogP contribution is 2.17. The fourth-order valence-electron chi connectivity index (χ4n) is 2.17. The van der Waals surface area contributed by atoms with Crippen LogP contribution in [-0.4, -0.2) is 40.0 Å². The topological polar surface area (TPSA) is 87.2 Å². The molecule has 2 amide bonds. The van der Waals surface area contributed by atoms with E-state index in [1.165, 1.54) is 6.92 Å². The van der Waals surface area contributed by atoms with E-state index in [2.05, 4.69) is 20.8 Å². The molecule has 2 aromatic rings. The van der Waals surface area contributed by atoms with E-state index < -0.39 is 0 Å². The highest BCUT2D eigenvalue weighted by molar-refractivity contribution is 5.92. The highest BCUT2D eigenvalue weighted by Gasteiger charge is 2.14. The first-order valence-corrected chi connectivity index (χ1v) is 7.81. The van der Waals surface area contributed by atoms with E-state index in [4.69, 9.17) is 0 Å². The minimum absolute atomic E-state index is 0.116. The lowest BCUT2D eigenvalue weighted by molar-refractivity contribution is -0.114. The lowest BCUT2D eigenvalue weighted by atomic mass is 10.2. The van der Waals surface area contributed by atoms with E-state index in [0.29, 0.717) is 24.6 Å². The first-order valence-electron chi connectivity index (χ1n) is 7.81. The van der Waals surface area contributed by atoms with Gasteiger partial charge in [0.15, 0.2) is 11.5 Å². The van der Waals surface area contributed by atoms with Crippen molar-refractivity contribution in [2.45, 2.75) is 20.8 Å². The predicted molar refractivity (Wildman–Crippen MR) is 93.3 cm³/mol. The van der Waals surface area contributed by atoms with Gasteiger partial charge in [-0.3, -0.25) is 9.59 Å². The van der Waals surface area contributed by atoms with Gasteiger partial charge >= 0.3 is 0 Å². The van der Waals surface area contributed by atoms with Crippen molar-refractivity contribution in [3.63, 3.8) is 0 Å². The molecule has 0 fully saturated rings. The van der Waals surface area contributed by atoms with Crippen molar-refractivity contribution in [2.75, 3.05) is 23.7 Å². The Balaban J connectivity index is 2.03. The maximum atomic E-state index is 12.2. The van der Waals surface area contributed by atoms with Crippen LogP contribution in [0.15, 0.2) is 36.4 Å².